The first kappa shape index (κ1) is 19.4. The third-order valence-electron chi connectivity index (χ3n) is 4.83. The molecule has 0 radical (unpaired) electrons. The number of amides is 2. The molecule has 5 nitrogen and oxygen atoms in total. The van der Waals surface area contributed by atoms with E-state index in [9.17, 15) is 9.59 Å². The molecule has 1 aromatic carbocycles. The average Bonchev–Trinajstić information content (AvgIpc) is 3.19. The van der Waals surface area contributed by atoms with Crippen LogP contribution >= 0.6 is 11.3 Å². The van der Waals surface area contributed by atoms with Gasteiger partial charge in [0.1, 0.15) is 12.3 Å². The van der Waals surface area contributed by atoms with Gasteiger partial charge >= 0.3 is 0 Å². The molecule has 6 heteroatoms. The molecule has 0 saturated carbocycles. The predicted molar refractivity (Wildman–Crippen MR) is 108 cm³/mol. The monoisotopic (exact) mass is 386 g/mol. The van der Waals surface area contributed by atoms with E-state index in [2.05, 4.69) is 0 Å². The van der Waals surface area contributed by atoms with Crippen molar-refractivity contribution in [1.29, 1.82) is 0 Å². The molecule has 144 valence electrons. The lowest BCUT2D eigenvalue weighted by atomic mass is 10.1. The Morgan fingerprint density at radius 1 is 1.15 bits per heavy atom. The fourth-order valence-electron chi connectivity index (χ4n) is 3.28. The second-order valence-corrected chi connectivity index (χ2v) is 7.77. The minimum absolute atomic E-state index is 0.0532. The van der Waals surface area contributed by atoms with Crippen LogP contribution < -0.4 is 9.64 Å². The largest absolute Gasteiger partial charge is 0.497 e. The van der Waals surface area contributed by atoms with Gasteiger partial charge < -0.3 is 14.5 Å². The molecule has 1 saturated heterocycles. The first-order chi connectivity index (χ1) is 13.2. The summed E-state index contributed by atoms with van der Waals surface area (Å²) in [7, 11) is 1.62. The maximum absolute atomic E-state index is 13.1. The second kappa shape index (κ2) is 9.55. The zero-order valence-corrected chi connectivity index (χ0v) is 16.5. The molecule has 0 atom stereocenters. The molecule has 1 aromatic heterocycles. The zero-order valence-electron chi connectivity index (χ0n) is 15.7. The third kappa shape index (κ3) is 5.32. The Balaban J connectivity index is 1.77. The molecule has 0 N–H and O–H groups in total. The van der Waals surface area contributed by atoms with Gasteiger partial charge in [-0.1, -0.05) is 18.9 Å². The van der Waals surface area contributed by atoms with Crippen LogP contribution in [0.1, 0.15) is 37.0 Å². The van der Waals surface area contributed by atoms with E-state index in [1.165, 1.54) is 0 Å². The number of carbonyl (C=O) groups excluding carboxylic acids is 2. The van der Waals surface area contributed by atoms with E-state index >= 15 is 0 Å². The van der Waals surface area contributed by atoms with Crippen molar-refractivity contribution in [3.63, 3.8) is 0 Å². The SMILES string of the molecule is COc1ccc(N(Cc2cccs2)C(=O)CN2CCCCCCC2=O)cc1. The van der Waals surface area contributed by atoms with Crippen LogP contribution in [0.2, 0.25) is 0 Å². The molecular formula is C21H26N2O3S. The topological polar surface area (TPSA) is 49.9 Å². The van der Waals surface area contributed by atoms with E-state index < -0.39 is 0 Å². The number of methoxy groups -OCH3 is 1. The zero-order chi connectivity index (χ0) is 19.1. The summed E-state index contributed by atoms with van der Waals surface area (Å²) in [6.45, 7) is 1.31. The van der Waals surface area contributed by atoms with Crippen molar-refractivity contribution in [2.45, 2.75) is 38.6 Å². The van der Waals surface area contributed by atoms with Crippen molar-refractivity contribution >= 4 is 28.8 Å². The lowest BCUT2D eigenvalue weighted by molar-refractivity contribution is -0.135. The molecule has 27 heavy (non-hydrogen) atoms. The fourth-order valence-corrected chi connectivity index (χ4v) is 3.97. The number of hydrogen-bond donors (Lipinski definition) is 0. The number of anilines is 1. The van der Waals surface area contributed by atoms with Crippen LogP contribution in [0, 0.1) is 0 Å². The highest BCUT2D eigenvalue weighted by atomic mass is 32.1. The van der Waals surface area contributed by atoms with E-state index in [0.717, 1.165) is 42.0 Å². The van der Waals surface area contributed by atoms with E-state index in [0.29, 0.717) is 19.5 Å². The first-order valence-electron chi connectivity index (χ1n) is 9.42. The lowest BCUT2D eigenvalue weighted by Gasteiger charge is -2.28. The summed E-state index contributed by atoms with van der Waals surface area (Å²) in [5.41, 5.74) is 0.814. The Kier molecular flexibility index (Phi) is 6.87. The van der Waals surface area contributed by atoms with Gasteiger partial charge in [0.05, 0.1) is 13.7 Å². The number of hydrogen-bond acceptors (Lipinski definition) is 4. The van der Waals surface area contributed by atoms with Crippen LogP contribution in [-0.2, 0) is 16.1 Å². The van der Waals surface area contributed by atoms with Gasteiger partial charge in [-0.2, -0.15) is 0 Å². The van der Waals surface area contributed by atoms with Crippen molar-refractivity contribution in [2.75, 3.05) is 25.1 Å². The highest BCUT2D eigenvalue weighted by molar-refractivity contribution is 7.09. The number of nitrogens with zero attached hydrogens (tertiary/aromatic N) is 2. The molecule has 1 fully saturated rings. The fraction of sp³-hybridized carbons (Fsp3) is 0.429. The van der Waals surface area contributed by atoms with Crippen molar-refractivity contribution in [3.8, 4) is 5.75 Å². The molecule has 0 bridgehead atoms. The molecule has 2 aromatic rings. The Bertz CT molecular complexity index is 743. The van der Waals surface area contributed by atoms with Gasteiger partial charge in [-0.3, -0.25) is 9.59 Å². The summed E-state index contributed by atoms with van der Waals surface area (Å²) in [5, 5.41) is 2.01. The number of ether oxygens (including phenoxy) is 1. The molecule has 0 aliphatic carbocycles. The van der Waals surface area contributed by atoms with Gasteiger partial charge in [-0.15, -0.1) is 11.3 Å². The van der Waals surface area contributed by atoms with Crippen LogP contribution in [0.3, 0.4) is 0 Å². The third-order valence-corrected chi connectivity index (χ3v) is 5.69. The molecule has 2 heterocycles. The van der Waals surface area contributed by atoms with Crippen molar-refractivity contribution < 1.29 is 14.3 Å². The van der Waals surface area contributed by atoms with Crippen molar-refractivity contribution in [3.05, 3.63) is 46.7 Å². The summed E-state index contributed by atoms with van der Waals surface area (Å²) >= 11 is 1.62. The molecule has 1 aliphatic rings. The van der Waals surface area contributed by atoms with Crippen molar-refractivity contribution in [2.24, 2.45) is 0 Å². The number of benzene rings is 1. The van der Waals surface area contributed by atoms with E-state index in [-0.39, 0.29) is 18.4 Å². The van der Waals surface area contributed by atoms with Gasteiger partial charge in [0, 0.05) is 23.5 Å². The van der Waals surface area contributed by atoms with Crippen LogP contribution in [0.4, 0.5) is 5.69 Å². The Morgan fingerprint density at radius 3 is 2.63 bits per heavy atom. The summed E-state index contributed by atoms with van der Waals surface area (Å²) in [6.07, 6.45) is 4.65. The van der Waals surface area contributed by atoms with Gasteiger partial charge in [-0.05, 0) is 48.6 Å². The highest BCUT2D eigenvalue weighted by Crippen LogP contribution is 2.23. The molecule has 1 aliphatic heterocycles. The summed E-state index contributed by atoms with van der Waals surface area (Å²) in [6, 6.07) is 11.5. The van der Waals surface area contributed by atoms with E-state index in [4.69, 9.17) is 4.74 Å². The standard InChI is InChI=1S/C21H26N2O3S/c1-26-18-11-9-17(10-12-18)23(15-19-7-6-14-27-19)21(25)16-22-13-5-3-2-4-8-20(22)24/h6-7,9-12,14H,2-5,8,13,15-16H2,1H3. The van der Waals surface area contributed by atoms with Crippen LogP contribution in [-0.4, -0.2) is 36.9 Å². The smallest absolute Gasteiger partial charge is 0.246 e. The maximum Gasteiger partial charge on any atom is 0.246 e. The normalized spacial score (nSPS) is 15.1. The number of likely N-dealkylation sites (tertiary alicyclic amines) is 1. The molecule has 3 rings (SSSR count). The lowest BCUT2D eigenvalue weighted by Crippen LogP contribution is -2.43. The van der Waals surface area contributed by atoms with E-state index in [1.54, 1.807) is 28.2 Å². The maximum atomic E-state index is 13.1. The summed E-state index contributed by atoms with van der Waals surface area (Å²) < 4.78 is 5.22. The van der Waals surface area contributed by atoms with Crippen LogP contribution in [0.15, 0.2) is 41.8 Å². The Morgan fingerprint density at radius 2 is 1.93 bits per heavy atom. The Labute approximate surface area is 164 Å². The van der Waals surface area contributed by atoms with Gasteiger partial charge in [-0.25, -0.2) is 0 Å². The predicted octanol–water partition coefficient (Wildman–Crippen LogP) is 4.08. The molecule has 2 amide bonds. The first-order valence-corrected chi connectivity index (χ1v) is 10.3. The summed E-state index contributed by atoms with van der Waals surface area (Å²) in [4.78, 5) is 30.1. The van der Waals surface area contributed by atoms with Gasteiger partial charge in [0.15, 0.2) is 0 Å². The molecular weight excluding hydrogens is 360 g/mol. The van der Waals surface area contributed by atoms with Crippen LogP contribution in [0.5, 0.6) is 5.75 Å². The van der Waals surface area contributed by atoms with Gasteiger partial charge in [0.2, 0.25) is 11.8 Å². The highest BCUT2D eigenvalue weighted by Gasteiger charge is 2.23. The minimum atomic E-state index is -0.0532. The molecule has 0 spiro atoms. The van der Waals surface area contributed by atoms with Crippen molar-refractivity contribution in [1.82, 2.24) is 4.90 Å². The summed E-state index contributed by atoms with van der Waals surface area (Å²) in [5.74, 6) is 0.789. The quantitative estimate of drug-likeness (QED) is 0.752. The Hall–Kier alpha value is -2.34. The molecule has 0 unspecified atom stereocenters. The van der Waals surface area contributed by atoms with E-state index in [1.807, 2.05) is 41.8 Å². The number of thiophene rings is 1. The number of rotatable bonds is 6. The minimum Gasteiger partial charge on any atom is -0.497 e. The van der Waals surface area contributed by atoms with Crippen LogP contribution in [0.25, 0.3) is 0 Å². The number of carbonyl (C=O) groups is 2. The second-order valence-electron chi connectivity index (χ2n) is 6.74. The van der Waals surface area contributed by atoms with Gasteiger partial charge in [0.25, 0.3) is 0 Å². The average molecular weight is 387 g/mol.